The molecule has 9 nitrogen and oxygen atoms in total. The van der Waals surface area contributed by atoms with Crippen molar-refractivity contribution in [1.82, 2.24) is 4.90 Å². The molecule has 0 atom stereocenters. The zero-order valence-corrected chi connectivity index (χ0v) is 25.4. The van der Waals surface area contributed by atoms with Gasteiger partial charge in [-0.05, 0) is 97.5 Å². The number of hydrogen-bond acceptors (Lipinski definition) is 7. The summed E-state index contributed by atoms with van der Waals surface area (Å²) in [4.78, 5) is 39.3. The molecule has 1 aliphatic heterocycles. The second kappa shape index (κ2) is 12.7. The first-order valence-corrected chi connectivity index (χ1v) is 14.0. The molecule has 1 fully saturated rings. The van der Waals surface area contributed by atoms with Gasteiger partial charge in [-0.15, -0.1) is 0 Å². The first-order chi connectivity index (χ1) is 19.1. The van der Waals surface area contributed by atoms with Gasteiger partial charge in [-0.25, -0.2) is 0 Å². The van der Waals surface area contributed by atoms with Crippen LogP contribution >= 0.6 is 44.1 Å². The summed E-state index contributed by atoms with van der Waals surface area (Å²) < 4.78 is 11.9. The van der Waals surface area contributed by atoms with E-state index in [-0.39, 0.29) is 35.6 Å². The maximum atomic E-state index is 13.6. The lowest BCUT2D eigenvalue weighted by atomic mass is 10.1. The summed E-state index contributed by atoms with van der Waals surface area (Å²) in [7, 11) is 1.27. The molecule has 0 saturated carbocycles. The molecule has 12 heteroatoms. The summed E-state index contributed by atoms with van der Waals surface area (Å²) in [6.45, 7) is 1.91. The average molecular weight is 689 g/mol. The summed E-state index contributed by atoms with van der Waals surface area (Å²) in [6.07, 6.45) is 2.49. The first kappa shape index (κ1) is 29.4. The van der Waals surface area contributed by atoms with Gasteiger partial charge in [0.05, 0.1) is 26.7 Å². The number of nitro groups is 1. The number of halogens is 2. The van der Waals surface area contributed by atoms with E-state index >= 15 is 0 Å². The van der Waals surface area contributed by atoms with Crippen molar-refractivity contribution >= 4 is 78.5 Å². The van der Waals surface area contributed by atoms with Crippen molar-refractivity contribution in [2.45, 2.75) is 20.0 Å². The van der Waals surface area contributed by atoms with Crippen LogP contribution in [0.5, 0.6) is 5.75 Å². The molecule has 206 valence electrons. The number of rotatable bonds is 9. The highest BCUT2D eigenvalue weighted by Crippen LogP contribution is 2.37. The molecule has 0 aromatic heterocycles. The van der Waals surface area contributed by atoms with Crippen LogP contribution in [-0.4, -0.2) is 40.5 Å². The lowest BCUT2D eigenvalue weighted by molar-refractivity contribution is -0.384. The van der Waals surface area contributed by atoms with Gasteiger partial charge in [0.25, 0.3) is 11.6 Å². The van der Waals surface area contributed by atoms with Crippen LogP contribution < -0.4 is 9.64 Å². The molecule has 0 N–H and O–H groups in total. The van der Waals surface area contributed by atoms with Crippen molar-refractivity contribution in [1.29, 1.82) is 0 Å². The largest absolute Gasteiger partial charge is 0.487 e. The van der Waals surface area contributed by atoms with Crippen molar-refractivity contribution in [2.75, 3.05) is 18.6 Å². The third kappa shape index (κ3) is 6.40. The van der Waals surface area contributed by atoms with E-state index in [2.05, 4.69) is 31.9 Å². The van der Waals surface area contributed by atoms with Crippen molar-refractivity contribution in [3.63, 3.8) is 0 Å². The summed E-state index contributed by atoms with van der Waals surface area (Å²) in [6, 6.07) is 17.2. The third-order valence-corrected chi connectivity index (χ3v) is 7.66. The van der Waals surface area contributed by atoms with Crippen molar-refractivity contribution < 1.29 is 24.0 Å². The minimum atomic E-state index is -0.545. The number of aryl methyl sites for hydroxylation is 1. The number of nitro benzene ring substituents is 1. The van der Waals surface area contributed by atoms with Gasteiger partial charge in [0.2, 0.25) is 0 Å². The summed E-state index contributed by atoms with van der Waals surface area (Å²) in [5, 5.41) is 11.2. The summed E-state index contributed by atoms with van der Waals surface area (Å²) >= 11 is 12.6. The highest BCUT2D eigenvalue weighted by Gasteiger charge is 2.40. The van der Waals surface area contributed by atoms with E-state index in [1.807, 2.05) is 31.2 Å². The molecule has 1 saturated heterocycles. The van der Waals surface area contributed by atoms with E-state index in [4.69, 9.17) is 21.7 Å². The van der Waals surface area contributed by atoms with E-state index in [9.17, 15) is 19.7 Å². The zero-order chi connectivity index (χ0) is 29.0. The van der Waals surface area contributed by atoms with Crippen LogP contribution in [-0.2, 0) is 27.4 Å². The molecule has 0 radical (unpaired) electrons. The van der Waals surface area contributed by atoms with Crippen LogP contribution in [0.4, 0.5) is 11.4 Å². The zero-order valence-electron chi connectivity index (χ0n) is 21.4. The van der Waals surface area contributed by atoms with E-state index < -0.39 is 10.9 Å². The third-order valence-electron chi connectivity index (χ3n) is 6.08. The minimum Gasteiger partial charge on any atom is -0.487 e. The predicted octanol–water partition coefficient (Wildman–Crippen LogP) is 6.41. The minimum absolute atomic E-state index is 0.0211. The molecule has 4 rings (SSSR count). The molecule has 0 bridgehead atoms. The van der Waals surface area contributed by atoms with E-state index in [0.717, 1.165) is 12.0 Å². The Morgan fingerprint density at radius 1 is 1.07 bits per heavy atom. The maximum absolute atomic E-state index is 13.6. The lowest BCUT2D eigenvalue weighted by Gasteiger charge is -2.19. The smallest absolute Gasteiger partial charge is 0.325 e. The Balaban J connectivity index is 1.64. The Kier molecular flexibility index (Phi) is 9.33. The normalized spacial score (nSPS) is 14.2. The van der Waals surface area contributed by atoms with Crippen LogP contribution in [0, 0.1) is 10.1 Å². The van der Waals surface area contributed by atoms with E-state index in [0.29, 0.717) is 31.5 Å². The van der Waals surface area contributed by atoms with Crippen molar-refractivity contribution in [3.05, 3.63) is 102 Å². The molecule has 1 aliphatic rings. The number of ether oxygens (including phenoxy) is 2. The average Bonchev–Trinajstić information content (AvgIpc) is 3.16. The lowest BCUT2D eigenvalue weighted by Crippen LogP contribution is -2.35. The van der Waals surface area contributed by atoms with Gasteiger partial charge in [0.15, 0.2) is 5.11 Å². The number of carbonyl (C=O) groups is 2. The highest BCUT2D eigenvalue weighted by atomic mass is 79.9. The number of non-ortho nitro benzene ring substituents is 1. The van der Waals surface area contributed by atoms with Crippen LogP contribution in [0.25, 0.3) is 6.08 Å². The van der Waals surface area contributed by atoms with E-state index in [1.165, 1.54) is 29.0 Å². The first-order valence-electron chi connectivity index (χ1n) is 12.0. The topological polar surface area (TPSA) is 102 Å². The molecule has 1 heterocycles. The van der Waals surface area contributed by atoms with Crippen LogP contribution in [0.3, 0.4) is 0 Å². The second-order valence-corrected chi connectivity index (χ2v) is 10.7. The van der Waals surface area contributed by atoms with Crippen molar-refractivity contribution in [3.8, 4) is 5.75 Å². The maximum Gasteiger partial charge on any atom is 0.325 e. The SMILES string of the molecule is CCc1ccc(N2C(=O)/C(=C/c3cc(Br)c(OCc4cccc([N+](=O)[O-])c4)c(Br)c3)N(CC(=O)OC)C2=S)cc1. The van der Waals surface area contributed by atoms with Crippen LogP contribution in [0.1, 0.15) is 23.6 Å². The fraction of sp³-hybridized carbons (Fsp3) is 0.179. The molecule has 0 spiro atoms. The Hall–Kier alpha value is -3.61. The molecule has 0 unspecified atom stereocenters. The molecule has 40 heavy (non-hydrogen) atoms. The second-order valence-electron chi connectivity index (χ2n) is 8.66. The van der Waals surface area contributed by atoms with Crippen molar-refractivity contribution in [2.24, 2.45) is 0 Å². The number of amides is 1. The standard InChI is InChI=1S/C28H23Br2N3O6S/c1-3-17-7-9-20(10-8-17)32-27(35)24(31(28(32)40)15-25(34)38-2)14-19-12-22(29)26(23(30)13-19)39-16-18-5-4-6-21(11-18)33(36)37/h4-14H,3,15-16H2,1-2H3/b24-14-. The fourth-order valence-electron chi connectivity index (χ4n) is 4.01. The van der Waals surface area contributed by atoms with Gasteiger partial charge in [-0.2, -0.15) is 0 Å². The number of methoxy groups -OCH3 is 1. The van der Waals surface area contributed by atoms with Gasteiger partial charge in [0, 0.05) is 12.1 Å². The Labute approximate surface area is 252 Å². The number of nitrogens with zero attached hydrogens (tertiary/aromatic N) is 3. The highest BCUT2D eigenvalue weighted by molar-refractivity contribution is 9.11. The summed E-state index contributed by atoms with van der Waals surface area (Å²) in [5.74, 6) is -0.445. The summed E-state index contributed by atoms with van der Waals surface area (Å²) in [5.41, 5.74) is 3.16. The van der Waals surface area contributed by atoms with Crippen LogP contribution in [0.2, 0.25) is 0 Å². The number of benzene rings is 3. The molecular weight excluding hydrogens is 666 g/mol. The number of esters is 1. The van der Waals surface area contributed by atoms with Gasteiger partial charge >= 0.3 is 5.97 Å². The molecule has 3 aromatic rings. The quantitative estimate of drug-likeness (QED) is 0.0836. The molecular formula is C28H23Br2N3O6S. The Morgan fingerprint density at radius 3 is 2.35 bits per heavy atom. The van der Waals surface area contributed by atoms with Gasteiger partial charge in [0.1, 0.15) is 24.6 Å². The van der Waals surface area contributed by atoms with Gasteiger partial charge in [-0.1, -0.05) is 31.2 Å². The molecule has 3 aromatic carbocycles. The Morgan fingerprint density at radius 2 is 1.75 bits per heavy atom. The van der Waals surface area contributed by atoms with E-state index in [1.54, 1.807) is 30.3 Å². The molecule has 0 aliphatic carbocycles. The van der Waals surface area contributed by atoms with Gasteiger partial charge < -0.3 is 14.4 Å². The number of hydrogen-bond donors (Lipinski definition) is 0. The molecule has 1 amide bonds. The Bertz CT molecular complexity index is 1500. The number of thiocarbonyl (C=S) groups is 1. The monoisotopic (exact) mass is 687 g/mol. The van der Waals surface area contributed by atoms with Gasteiger partial charge in [-0.3, -0.25) is 24.6 Å². The number of anilines is 1. The number of carbonyl (C=O) groups excluding carboxylic acids is 2. The predicted molar refractivity (Wildman–Crippen MR) is 162 cm³/mol. The fourth-order valence-corrected chi connectivity index (χ4v) is 5.81. The van der Waals surface area contributed by atoms with Crippen LogP contribution in [0.15, 0.2) is 75.3 Å².